The molecular weight excluding hydrogens is 326 g/mol. The Morgan fingerprint density at radius 3 is 2.60 bits per heavy atom. The van der Waals surface area contributed by atoms with Crippen LogP contribution in [0, 0.1) is 12.3 Å². The lowest BCUT2D eigenvalue weighted by Gasteiger charge is -2.61. The monoisotopic (exact) mass is 351 g/mol. The first-order valence-electron chi connectivity index (χ1n) is 9.08. The van der Waals surface area contributed by atoms with Crippen molar-refractivity contribution in [2.75, 3.05) is 4.90 Å². The van der Waals surface area contributed by atoms with Gasteiger partial charge in [0.15, 0.2) is 4.90 Å². The predicted molar refractivity (Wildman–Crippen MR) is 106 cm³/mol. The van der Waals surface area contributed by atoms with Gasteiger partial charge in [-0.3, -0.25) is 0 Å². The minimum absolute atomic E-state index is 0.0485. The second-order valence-corrected chi connectivity index (χ2v) is 9.97. The lowest BCUT2D eigenvalue weighted by Crippen LogP contribution is -2.61. The smallest absolute Gasteiger partial charge is 0.188 e. The van der Waals surface area contributed by atoms with E-state index in [4.69, 9.17) is 4.42 Å². The number of thiophene rings is 1. The quantitative estimate of drug-likeness (QED) is 0.469. The first-order valence-corrected chi connectivity index (χ1v) is 9.90. The summed E-state index contributed by atoms with van der Waals surface area (Å²) in [5, 5.41) is 1.31. The summed E-state index contributed by atoms with van der Waals surface area (Å²) in [5.74, 6) is 0. The predicted octanol–water partition coefficient (Wildman–Crippen LogP) is 6.36. The Kier molecular flexibility index (Phi) is 2.68. The Labute approximate surface area is 153 Å². The number of anilines is 1. The fourth-order valence-corrected chi connectivity index (χ4v) is 6.59. The van der Waals surface area contributed by atoms with E-state index >= 15 is 0 Å². The molecule has 3 aromatic rings. The van der Waals surface area contributed by atoms with Gasteiger partial charge in [-0.2, -0.15) is 0 Å². The van der Waals surface area contributed by atoms with Crippen LogP contribution in [-0.4, -0.2) is 0 Å². The highest BCUT2D eigenvalue weighted by Gasteiger charge is 2.63. The standard InChI is InChI=1S/C22H25NOS/c1-13-8-7-9-15-18(13)23-12-16-17(14-10-11-24-19(14)25-16)22(23,6)21(4,5)20(15,2)3/h7-11H,12H2,1-6H3. The van der Waals surface area contributed by atoms with Crippen molar-refractivity contribution in [2.24, 2.45) is 5.41 Å². The molecule has 1 atom stereocenters. The molecule has 2 nitrogen and oxygen atoms in total. The molecule has 5 rings (SSSR count). The van der Waals surface area contributed by atoms with Crippen molar-refractivity contribution in [1.82, 2.24) is 0 Å². The largest absolute Gasteiger partial charge is 0.454 e. The molecule has 3 heteroatoms. The molecule has 0 aliphatic carbocycles. The summed E-state index contributed by atoms with van der Waals surface area (Å²) in [7, 11) is 0. The first kappa shape index (κ1) is 15.5. The van der Waals surface area contributed by atoms with Crippen LogP contribution in [0.4, 0.5) is 5.69 Å². The van der Waals surface area contributed by atoms with Crippen LogP contribution < -0.4 is 4.90 Å². The fraction of sp³-hybridized carbons (Fsp3) is 0.455. The normalized spacial score (nSPS) is 25.8. The van der Waals surface area contributed by atoms with E-state index < -0.39 is 0 Å². The molecule has 0 saturated heterocycles. The Morgan fingerprint density at radius 1 is 1.08 bits per heavy atom. The van der Waals surface area contributed by atoms with Gasteiger partial charge in [-0.1, -0.05) is 45.9 Å². The molecular formula is C22H25NOS. The van der Waals surface area contributed by atoms with Gasteiger partial charge in [-0.25, -0.2) is 0 Å². The minimum atomic E-state index is -0.0485. The zero-order chi connectivity index (χ0) is 17.8. The van der Waals surface area contributed by atoms with Gasteiger partial charge in [0.25, 0.3) is 0 Å². The van der Waals surface area contributed by atoms with Gasteiger partial charge >= 0.3 is 0 Å². The number of furan rings is 1. The van der Waals surface area contributed by atoms with Crippen LogP contribution in [0.15, 0.2) is 34.9 Å². The third kappa shape index (κ3) is 1.49. The molecule has 2 aliphatic rings. The van der Waals surface area contributed by atoms with Crippen LogP contribution in [0.25, 0.3) is 10.3 Å². The molecule has 2 aromatic heterocycles. The van der Waals surface area contributed by atoms with E-state index in [1.54, 1.807) is 0 Å². The summed E-state index contributed by atoms with van der Waals surface area (Å²) in [4.78, 5) is 5.23. The maximum Gasteiger partial charge on any atom is 0.188 e. The lowest BCUT2D eigenvalue weighted by atomic mass is 9.51. The topological polar surface area (TPSA) is 16.4 Å². The molecule has 0 fully saturated rings. The molecule has 25 heavy (non-hydrogen) atoms. The number of para-hydroxylation sites is 1. The van der Waals surface area contributed by atoms with Gasteiger partial charge in [0.2, 0.25) is 0 Å². The molecule has 0 N–H and O–H groups in total. The number of rotatable bonds is 0. The third-order valence-corrected chi connectivity index (χ3v) is 8.76. The Morgan fingerprint density at radius 2 is 1.84 bits per heavy atom. The third-order valence-electron chi connectivity index (χ3n) is 7.68. The Bertz CT molecular complexity index is 1020. The lowest BCUT2D eigenvalue weighted by molar-refractivity contribution is 0.0692. The van der Waals surface area contributed by atoms with Crippen molar-refractivity contribution in [3.63, 3.8) is 0 Å². The maximum atomic E-state index is 5.75. The molecule has 4 heterocycles. The molecule has 0 radical (unpaired) electrons. The summed E-state index contributed by atoms with van der Waals surface area (Å²) in [6, 6.07) is 8.97. The van der Waals surface area contributed by atoms with Crippen LogP contribution in [-0.2, 0) is 17.5 Å². The van der Waals surface area contributed by atoms with Crippen LogP contribution in [0.3, 0.4) is 0 Å². The zero-order valence-electron chi connectivity index (χ0n) is 15.9. The Hall–Kier alpha value is -1.74. The zero-order valence-corrected chi connectivity index (χ0v) is 16.7. The average molecular weight is 352 g/mol. The van der Waals surface area contributed by atoms with Gasteiger partial charge in [-0.15, -0.1) is 11.3 Å². The molecule has 2 aliphatic heterocycles. The van der Waals surface area contributed by atoms with E-state index in [2.05, 4.69) is 70.7 Å². The van der Waals surface area contributed by atoms with Crippen LogP contribution in [0.1, 0.15) is 56.2 Å². The highest BCUT2D eigenvalue weighted by Crippen LogP contribution is 2.66. The maximum absolute atomic E-state index is 5.75. The molecule has 130 valence electrons. The second-order valence-electron chi connectivity index (χ2n) is 8.90. The van der Waals surface area contributed by atoms with E-state index in [1.807, 2.05) is 17.6 Å². The fourth-order valence-electron chi connectivity index (χ4n) is 5.37. The summed E-state index contributed by atoms with van der Waals surface area (Å²) >= 11 is 1.83. The van der Waals surface area contributed by atoms with Gasteiger partial charge in [0, 0.05) is 26.9 Å². The summed E-state index contributed by atoms with van der Waals surface area (Å²) in [6.45, 7) is 15.4. The van der Waals surface area contributed by atoms with Crippen molar-refractivity contribution >= 4 is 27.3 Å². The van der Waals surface area contributed by atoms with E-state index in [0.29, 0.717) is 0 Å². The number of nitrogens with zero attached hydrogens (tertiary/aromatic N) is 1. The van der Waals surface area contributed by atoms with Gasteiger partial charge in [-0.05, 0) is 36.5 Å². The van der Waals surface area contributed by atoms with Gasteiger partial charge in [0.05, 0.1) is 18.3 Å². The molecule has 0 bridgehead atoms. The van der Waals surface area contributed by atoms with Crippen LogP contribution in [0.2, 0.25) is 0 Å². The summed E-state index contributed by atoms with van der Waals surface area (Å²) < 4.78 is 5.75. The molecule has 0 saturated carbocycles. The number of aryl methyl sites for hydroxylation is 1. The summed E-state index contributed by atoms with van der Waals surface area (Å²) in [6.07, 6.45) is 1.84. The number of hydrogen-bond acceptors (Lipinski definition) is 3. The Balaban J connectivity index is 1.91. The van der Waals surface area contributed by atoms with Crippen molar-refractivity contribution in [3.8, 4) is 0 Å². The van der Waals surface area contributed by atoms with Crippen molar-refractivity contribution in [2.45, 2.75) is 59.0 Å². The van der Waals surface area contributed by atoms with E-state index in [1.165, 1.54) is 32.6 Å². The van der Waals surface area contributed by atoms with E-state index in [9.17, 15) is 0 Å². The van der Waals surface area contributed by atoms with Crippen LogP contribution >= 0.6 is 11.3 Å². The van der Waals surface area contributed by atoms with Crippen molar-refractivity contribution in [3.05, 3.63) is 52.1 Å². The van der Waals surface area contributed by atoms with Crippen molar-refractivity contribution < 1.29 is 4.42 Å². The number of benzene rings is 1. The second kappa shape index (κ2) is 4.32. The molecule has 0 spiro atoms. The average Bonchev–Trinajstić information content (AvgIpc) is 3.17. The SMILES string of the molecule is Cc1cccc2c1N1Cc3sc4occc4c3C1(C)C(C)(C)C2(C)C. The molecule has 1 unspecified atom stereocenters. The van der Waals surface area contributed by atoms with E-state index in [-0.39, 0.29) is 16.4 Å². The van der Waals surface area contributed by atoms with Crippen molar-refractivity contribution in [1.29, 1.82) is 0 Å². The number of hydrogen-bond donors (Lipinski definition) is 0. The first-order chi connectivity index (χ1) is 11.7. The van der Waals surface area contributed by atoms with Gasteiger partial charge < -0.3 is 9.32 Å². The highest BCUT2D eigenvalue weighted by molar-refractivity contribution is 7.18. The highest BCUT2D eigenvalue weighted by atomic mass is 32.1. The van der Waals surface area contributed by atoms with E-state index in [0.717, 1.165) is 11.4 Å². The molecule has 1 aromatic carbocycles. The number of fused-ring (bicyclic) bond motifs is 7. The summed E-state index contributed by atoms with van der Waals surface area (Å²) in [5.41, 5.74) is 5.88. The minimum Gasteiger partial charge on any atom is -0.454 e. The molecule has 0 amide bonds. The van der Waals surface area contributed by atoms with Crippen LogP contribution in [0.5, 0.6) is 0 Å². The van der Waals surface area contributed by atoms with Gasteiger partial charge in [0.1, 0.15) is 0 Å².